The van der Waals surface area contributed by atoms with Gasteiger partial charge in [-0.2, -0.15) is 0 Å². The number of carbonyl (C=O) groups is 3. The summed E-state index contributed by atoms with van der Waals surface area (Å²) in [4.78, 5) is 46.4. The molecule has 0 aliphatic heterocycles. The summed E-state index contributed by atoms with van der Waals surface area (Å²) in [5.41, 5.74) is 0.807. The molecule has 236 valence electrons. The van der Waals surface area contributed by atoms with Gasteiger partial charge in [-0.25, -0.2) is 18.4 Å². The highest BCUT2D eigenvalue weighted by Crippen LogP contribution is 2.23. The van der Waals surface area contributed by atoms with Crippen molar-refractivity contribution in [3.05, 3.63) is 83.7 Å². The van der Waals surface area contributed by atoms with E-state index in [1.54, 1.807) is 51.1 Å². The largest absolute Gasteiger partial charge is 0.444 e. The van der Waals surface area contributed by atoms with Gasteiger partial charge in [0.1, 0.15) is 22.9 Å². The summed E-state index contributed by atoms with van der Waals surface area (Å²) >= 11 is 0. The number of aromatic nitrogens is 1. The van der Waals surface area contributed by atoms with Gasteiger partial charge in [-0.3, -0.25) is 15.1 Å². The maximum Gasteiger partial charge on any atom is 0.412 e. The van der Waals surface area contributed by atoms with E-state index >= 15 is 0 Å². The Morgan fingerprint density at radius 1 is 0.864 bits per heavy atom. The first-order valence-electron chi connectivity index (χ1n) is 14.5. The first-order valence-corrected chi connectivity index (χ1v) is 14.5. The number of para-hydroxylation sites is 2. The maximum atomic E-state index is 13.7. The molecule has 12 heteroatoms. The Labute approximate surface area is 256 Å². The summed E-state index contributed by atoms with van der Waals surface area (Å²) in [6.45, 7) is 12.4. The van der Waals surface area contributed by atoms with Crippen LogP contribution in [0.5, 0.6) is 0 Å². The fraction of sp³-hybridized carbons (Fsp3) is 0.375. The van der Waals surface area contributed by atoms with Gasteiger partial charge in [0.2, 0.25) is 0 Å². The van der Waals surface area contributed by atoms with E-state index in [4.69, 9.17) is 4.74 Å². The Bertz CT molecular complexity index is 1400. The van der Waals surface area contributed by atoms with Gasteiger partial charge < -0.3 is 25.2 Å². The number of rotatable bonds is 12. The molecule has 0 unspecified atom stereocenters. The van der Waals surface area contributed by atoms with Crippen molar-refractivity contribution in [3.8, 4) is 0 Å². The number of hydrogen-bond acceptors (Lipinski definition) is 6. The fourth-order valence-electron chi connectivity index (χ4n) is 4.28. The highest BCUT2D eigenvalue weighted by Gasteiger charge is 2.19. The van der Waals surface area contributed by atoms with Gasteiger partial charge in [-0.05, 0) is 82.7 Å². The van der Waals surface area contributed by atoms with E-state index in [0.29, 0.717) is 29.9 Å². The predicted molar refractivity (Wildman–Crippen MR) is 167 cm³/mol. The maximum absolute atomic E-state index is 13.7. The van der Waals surface area contributed by atoms with Crippen LogP contribution in [0.15, 0.2) is 60.8 Å². The van der Waals surface area contributed by atoms with Crippen LogP contribution in [-0.4, -0.2) is 64.6 Å². The number of hydrogen-bond donors (Lipinski definition) is 3. The zero-order valence-corrected chi connectivity index (χ0v) is 25.7. The smallest absolute Gasteiger partial charge is 0.412 e. The molecule has 0 radical (unpaired) electrons. The summed E-state index contributed by atoms with van der Waals surface area (Å²) in [5, 5.41) is 7.95. The van der Waals surface area contributed by atoms with E-state index in [9.17, 15) is 23.2 Å². The third-order valence-corrected chi connectivity index (χ3v) is 6.44. The number of halogens is 2. The number of nitrogens with zero attached hydrogens (tertiary/aromatic N) is 3. The molecule has 3 aromatic rings. The lowest BCUT2D eigenvalue weighted by Crippen LogP contribution is -2.37. The van der Waals surface area contributed by atoms with Crippen molar-refractivity contribution >= 4 is 35.1 Å². The van der Waals surface area contributed by atoms with Gasteiger partial charge in [0.05, 0.1) is 11.4 Å². The zero-order valence-electron chi connectivity index (χ0n) is 25.7. The number of pyridine rings is 1. The first kappa shape index (κ1) is 33.9. The van der Waals surface area contributed by atoms with Crippen molar-refractivity contribution in [1.29, 1.82) is 0 Å². The molecule has 0 aliphatic carbocycles. The molecule has 10 nitrogen and oxygen atoms in total. The van der Waals surface area contributed by atoms with Gasteiger partial charge in [0, 0.05) is 31.0 Å². The Kier molecular flexibility index (Phi) is 12.2. The normalized spacial score (nSPS) is 11.2. The molecule has 3 rings (SSSR count). The topological polar surface area (TPSA) is 116 Å². The molecule has 1 aromatic heterocycles. The number of anilines is 3. The molecule has 0 bridgehead atoms. The highest BCUT2D eigenvalue weighted by molar-refractivity contribution is 6.05. The molecule has 3 N–H and O–H groups in total. The minimum atomic E-state index is -0.797. The lowest BCUT2D eigenvalue weighted by atomic mass is 10.2. The second kappa shape index (κ2) is 15.8. The lowest BCUT2D eigenvalue weighted by Gasteiger charge is -2.25. The Morgan fingerprint density at radius 2 is 1.50 bits per heavy atom. The van der Waals surface area contributed by atoms with Gasteiger partial charge >= 0.3 is 12.1 Å². The number of carbonyl (C=O) groups excluding carboxylic acids is 3. The quantitative estimate of drug-likeness (QED) is 0.210. The third-order valence-electron chi connectivity index (χ3n) is 6.44. The van der Waals surface area contributed by atoms with E-state index in [-0.39, 0.29) is 17.9 Å². The fourth-order valence-corrected chi connectivity index (χ4v) is 4.28. The average molecular weight is 611 g/mol. The monoisotopic (exact) mass is 610 g/mol. The minimum Gasteiger partial charge on any atom is -0.444 e. The van der Waals surface area contributed by atoms with Crippen LogP contribution in [0.25, 0.3) is 0 Å². The van der Waals surface area contributed by atoms with Crippen molar-refractivity contribution < 1.29 is 27.9 Å². The highest BCUT2D eigenvalue weighted by atomic mass is 19.1. The van der Waals surface area contributed by atoms with Crippen LogP contribution in [0.3, 0.4) is 0 Å². The Balaban J connectivity index is 1.70. The summed E-state index contributed by atoms with van der Waals surface area (Å²) in [6, 6.07) is 12.2. The van der Waals surface area contributed by atoms with Crippen molar-refractivity contribution in [3.63, 3.8) is 0 Å². The van der Waals surface area contributed by atoms with Crippen LogP contribution in [0, 0.1) is 11.6 Å². The summed E-state index contributed by atoms with van der Waals surface area (Å²) in [7, 11) is 0. The van der Waals surface area contributed by atoms with E-state index in [2.05, 4.69) is 39.7 Å². The second-order valence-corrected chi connectivity index (χ2v) is 11.1. The minimum absolute atomic E-state index is 0.00725. The number of amides is 4. The molecule has 2 aromatic carbocycles. The Hall–Kier alpha value is -4.58. The molecular weight excluding hydrogens is 570 g/mol. The van der Waals surface area contributed by atoms with Crippen molar-refractivity contribution in [2.75, 3.05) is 42.1 Å². The molecular formula is C32H40F2N6O4. The standard InChI is InChI=1S/C32H40F2N6O4/c1-6-39(7-2)15-10-16-40(30(42)36-25-18-23(33)17-24(34)19-25)21-22-13-14-28(35-20-22)29(41)37-26-11-8-9-12-27(26)38-31(43)44-32(3,4)5/h8-9,11-14,17-20H,6-7,10,15-16,21H2,1-5H3,(H,36,42)(H,37,41)(H,38,43). The van der Waals surface area contributed by atoms with Crippen LogP contribution < -0.4 is 16.0 Å². The van der Waals surface area contributed by atoms with Crippen LogP contribution in [0.4, 0.5) is 35.4 Å². The zero-order chi connectivity index (χ0) is 32.3. The van der Waals surface area contributed by atoms with Gasteiger partial charge in [-0.1, -0.05) is 32.0 Å². The molecule has 0 saturated heterocycles. The van der Waals surface area contributed by atoms with E-state index in [1.165, 1.54) is 17.2 Å². The number of benzene rings is 2. The molecule has 44 heavy (non-hydrogen) atoms. The average Bonchev–Trinajstić information content (AvgIpc) is 2.94. The number of nitrogens with one attached hydrogen (secondary N) is 3. The molecule has 0 saturated carbocycles. The number of ether oxygens (including phenoxy) is 1. The Morgan fingerprint density at radius 3 is 2.07 bits per heavy atom. The predicted octanol–water partition coefficient (Wildman–Crippen LogP) is 6.73. The molecule has 0 aliphatic rings. The number of urea groups is 1. The van der Waals surface area contributed by atoms with Crippen molar-refractivity contribution in [2.45, 2.75) is 53.2 Å². The van der Waals surface area contributed by atoms with Crippen LogP contribution in [0.1, 0.15) is 57.1 Å². The molecule has 0 spiro atoms. The molecule has 0 atom stereocenters. The van der Waals surface area contributed by atoms with E-state index < -0.39 is 35.3 Å². The van der Waals surface area contributed by atoms with Crippen LogP contribution in [0.2, 0.25) is 0 Å². The SMILES string of the molecule is CCN(CC)CCCN(Cc1ccc(C(=O)Nc2ccccc2NC(=O)OC(C)(C)C)nc1)C(=O)Nc1cc(F)cc(F)c1. The second-order valence-electron chi connectivity index (χ2n) is 11.1. The van der Waals surface area contributed by atoms with Crippen LogP contribution >= 0.6 is 0 Å². The van der Waals surface area contributed by atoms with Crippen molar-refractivity contribution in [2.24, 2.45) is 0 Å². The third kappa shape index (κ3) is 10.9. The van der Waals surface area contributed by atoms with E-state index in [1.807, 2.05) is 0 Å². The first-order chi connectivity index (χ1) is 20.9. The van der Waals surface area contributed by atoms with E-state index in [0.717, 1.165) is 37.8 Å². The molecule has 1 heterocycles. The van der Waals surface area contributed by atoms with Gasteiger partial charge in [-0.15, -0.1) is 0 Å². The lowest BCUT2D eigenvalue weighted by molar-refractivity contribution is 0.0635. The molecule has 4 amide bonds. The van der Waals surface area contributed by atoms with Gasteiger partial charge in [0.25, 0.3) is 5.91 Å². The van der Waals surface area contributed by atoms with Crippen molar-refractivity contribution in [1.82, 2.24) is 14.8 Å². The summed E-state index contributed by atoms with van der Waals surface area (Å²) in [5.74, 6) is -2.10. The summed E-state index contributed by atoms with van der Waals surface area (Å²) < 4.78 is 32.7. The molecule has 0 fully saturated rings. The van der Waals surface area contributed by atoms with Crippen LogP contribution in [-0.2, 0) is 11.3 Å². The van der Waals surface area contributed by atoms with Gasteiger partial charge in [0.15, 0.2) is 0 Å². The summed E-state index contributed by atoms with van der Waals surface area (Å²) in [6.07, 6.45) is 1.51.